The van der Waals surface area contributed by atoms with Crippen LogP contribution in [-0.4, -0.2) is 16.7 Å². The van der Waals surface area contributed by atoms with Crippen LogP contribution in [0, 0.1) is 0 Å². The van der Waals surface area contributed by atoms with Crippen molar-refractivity contribution in [2.24, 2.45) is 0 Å². The first-order chi connectivity index (χ1) is 8.97. The summed E-state index contributed by atoms with van der Waals surface area (Å²) in [6, 6.07) is 4.57. The summed E-state index contributed by atoms with van der Waals surface area (Å²) < 4.78 is 0. The van der Waals surface area contributed by atoms with E-state index < -0.39 is 0 Å². The third-order valence-electron chi connectivity index (χ3n) is 2.27. The number of nitrogens with zero attached hydrogens (tertiary/aromatic N) is 1. The molecule has 19 heavy (non-hydrogen) atoms. The van der Waals surface area contributed by atoms with E-state index in [4.69, 9.17) is 23.2 Å². The molecule has 0 spiro atoms. The van der Waals surface area contributed by atoms with E-state index in [1.807, 2.05) is 0 Å². The van der Waals surface area contributed by atoms with Crippen molar-refractivity contribution in [2.75, 3.05) is 5.32 Å². The van der Waals surface area contributed by atoms with Crippen molar-refractivity contribution in [1.29, 1.82) is 0 Å². The Balaban J connectivity index is 2.15. The maximum absolute atomic E-state index is 11.9. The highest BCUT2D eigenvalue weighted by Gasteiger charge is 2.12. The number of aromatic nitrogens is 1. The van der Waals surface area contributed by atoms with E-state index in [9.17, 15) is 9.59 Å². The fourth-order valence-electron chi connectivity index (χ4n) is 1.30. The van der Waals surface area contributed by atoms with Gasteiger partial charge >= 0.3 is 0 Å². The number of amides is 1. The lowest BCUT2D eigenvalue weighted by Crippen LogP contribution is -2.11. The molecule has 0 saturated heterocycles. The molecule has 2 rings (SSSR count). The van der Waals surface area contributed by atoms with Crippen LogP contribution in [0.3, 0.4) is 0 Å². The van der Waals surface area contributed by atoms with Gasteiger partial charge in [-0.2, -0.15) is 0 Å². The second kappa shape index (κ2) is 5.69. The van der Waals surface area contributed by atoms with Crippen LogP contribution >= 0.6 is 34.5 Å². The van der Waals surface area contributed by atoms with E-state index in [2.05, 4.69) is 10.3 Å². The molecule has 0 aliphatic rings. The van der Waals surface area contributed by atoms with Crippen LogP contribution in [0.25, 0.3) is 0 Å². The SMILES string of the molecule is CC(=O)c1csc(NC(=O)c2ccc(Cl)c(Cl)c2)n1. The van der Waals surface area contributed by atoms with Crippen molar-refractivity contribution in [3.05, 3.63) is 44.9 Å². The topological polar surface area (TPSA) is 59.1 Å². The summed E-state index contributed by atoms with van der Waals surface area (Å²) in [6.07, 6.45) is 0. The van der Waals surface area contributed by atoms with Gasteiger partial charge in [-0.3, -0.25) is 14.9 Å². The predicted molar refractivity (Wildman–Crippen MR) is 76.5 cm³/mol. The Morgan fingerprint density at radius 3 is 2.58 bits per heavy atom. The highest BCUT2D eigenvalue weighted by molar-refractivity contribution is 7.14. The molecule has 0 bridgehead atoms. The average Bonchev–Trinajstić information content (AvgIpc) is 2.81. The van der Waals surface area contributed by atoms with Gasteiger partial charge in [0.2, 0.25) is 0 Å². The van der Waals surface area contributed by atoms with Gasteiger partial charge in [-0.15, -0.1) is 11.3 Å². The summed E-state index contributed by atoms with van der Waals surface area (Å²) in [5.74, 6) is -0.505. The Kier molecular flexibility index (Phi) is 4.19. The summed E-state index contributed by atoms with van der Waals surface area (Å²) in [4.78, 5) is 27.0. The van der Waals surface area contributed by atoms with Crippen molar-refractivity contribution >= 4 is 51.4 Å². The zero-order valence-corrected chi connectivity index (χ0v) is 12.1. The van der Waals surface area contributed by atoms with Crippen LogP contribution in [0.5, 0.6) is 0 Å². The first-order valence-corrected chi connectivity index (χ1v) is 6.84. The van der Waals surface area contributed by atoms with Gasteiger partial charge in [0.1, 0.15) is 5.69 Å². The van der Waals surface area contributed by atoms with E-state index in [1.165, 1.54) is 24.3 Å². The maximum Gasteiger partial charge on any atom is 0.257 e. The third kappa shape index (κ3) is 3.32. The van der Waals surface area contributed by atoms with Gasteiger partial charge in [0.15, 0.2) is 10.9 Å². The molecule has 0 fully saturated rings. The quantitative estimate of drug-likeness (QED) is 0.874. The molecule has 1 aromatic carbocycles. The Morgan fingerprint density at radius 2 is 2.00 bits per heavy atom. The van der Waals surface area contributed by atoms with E-state index >= 15 is 0 Å². The number of carbonyl (C=O) groups excluding carboxylic acids is 2. The fourth-order valence-corrected chi connectivity index (χ4v) is 2.34. The number of rotatable bonds is 3. The van der Waals surface area contributed by atoms with Crippen LogP contribution in [0.1, 0.15) is 27.8 Å². The monoisotopic (exact) mass is 314 g/mol. The molecule has 1 heterocycles. The molecular weight excluding hydrogens is 307 g/mol. The molecule has 98 valence electrons. The van der Waals surface area contributed by atoms with Gasteiger partial charge in [0.25, 0.3) is 5.91 Å². The number of hydrogen-bond donors (Lipinski definition) is 1. The van der Waals surface area contributed by atoms with Crippen LogP contribution in [0.4, 0.5) is 5.13 Å². The number of benzene rings is 1. The van der Waals surface area contributed by atoms with Gasteiger partial charge in [-0.1, -0.05) is 23.2 Å². The number of Topliss-reactive ketones (excluding diaryl/α,β-unsaturated/α-hetero) is 1. The van der Waals surface area contributed by atoms with Crippen LogP contribution in [0.2, 0.25) is 10.0 Å². The molecule has 0 aliphatic carbocycles. The lowest BCUT2D eigenvalue weighted by atomic mass is 10.2. The highest BCUT2D eigenvalue weighted by atomic mass is 35.5. The lowest BCUT2D eigenvalue weighted by Gasteiger charge is -2.03. The summed E-state index contributed by atoms with van der Waals surface area (Å²) in [6.45, 7) is 1.42. The molecule has 2 aromatic rings. The lowest BCUT2D eigenvalue weighted by molar-refractivity contribution is 0.100. The zero-order valence-electron chi connectivity index (χ0n) is 9.74. The van der Waals surface area contributed by atoms with Crippen molar-refractivity contribution in [2.45, 2.75) is 6.92 Å². The number of ketones is 1. The van der Waals surface area contributed by atoms with Crippen molar-refractivity contribution in [1.82, 2.24) is 4.98 Å². The predicted octanol–water partition coefficient (Wildman–Crippen LogP) is 3.90. The fraction of sp³-hybridized carbons (Fsp3) is 0.0833. The molecule has 0 unspecified atom stereocenters. The van der Waals surface area contributed by atoms with E-state index in [0.29, 0.717) is 26.4 Å². The number of thiazole rings is 1. The second-order valence-corrected chi connectivity index (χ2v) is 5.35. The van der Waals surface area contributed by atoms with Gasteiger partial charge < -0.3 is 0 Å². The molecule has 0 atom stereocenters. The van der Waals surface area contributed by atoms with E-state index in [0.717, 1.165) is 0 Å². The third-order valence-corrected chi connectivity index (χ3v) is 3.76. The van der Waals surface area contributed by atoms with Gasteiger partial charge in [-0.25, -0.2) is 4.98 Å². The van der Waals surface area contributed by atoms with Crippen LogP contribution in [-0.2, 0) is 0 Å². The minimum absolute atomic E-state index is 0.147. The van der Waals surface area contributed by atoms with Crippen molar-refractivity contribution in [3.8, 4) is 0 Å². The number of nitrogens with one attached hydrogen (secondary N) is 1. The van der Waals surface area contributed by atoms with Gasteiger partial charge in [-0.05, 0) is 18.2 Å². The first kappa shape index (κ1) is 14.0. The molecule has 7 heteroatoms. The molecule has 0 saturated carbocycles. The number of anilines is 1. The zero-order chi connectivity index (χ0) is 14.0. The molecular formula is C12H8Cl2N2O2S. The number of halogens is 2. The minimum Gasteiger partial charge on any atom is -0.298 e. The average molecular weight is 315 g/mol. The summed E-state index contributed by atoms with van der Waals surface area (Å²) in [5.41, 5.74) is 0.698. The molecule has 1 aromatic heterocycles. The summed E-state index contributed by atoms with van der Waals surface area (Å²) >= 11 is 12.8. The Hall–Kier alpha value is -1.43. The standard InChI is InChI=1S/C12H8Cl2N2O2S/c1-6(17)10-5-19-12(15-10)16-11(18)7-2-3-8(13)9(14)4-7/h2-5H,1H3,(H,15,16,18). The smallest absolute Gasteiger partial charge is 0.257 e. The molecule has 1 N–H and O–H groups in total. The molecule has 0 aliphatic heterocycles. The van der Waals surface area contributed by atoms with Crippen LogP contribution in [0.15, 0.2) is 23.6 Å². The van der Waals surface area contributed by atoms with Crippen molar-refractivity contribution < 1.29 is 9.59 Å². The Morgan fingerprint density at radius 1 is 1.26 bits per heavy atom. The summed E-state index contributed by atoms with van der Waals surface area (Å²) in [5, 5.41) is 5.23. The molecule has 0 radical (unpaired) electrons. The Bertz CT molecular complexity index is 655. The van der Waals surface area contributed by atoms with Gasteiger partial charge in [0, 0.05) is 17.9 Å². The summed E-state index contributed by atoms with van der Waals surface area (Å²) in [7, 11) is 0. The van der Waals surface area contributed by atoms with Gasteiger partial charge in [0.05, 0.1) is 10.0 Å². The van der Waals surface area contributed by atoms with E-state index in [-0.39, 0.29) is 11.7 Å². The molecule has 4 nitrogen and oxygen atoms in total. The normalized spacial score (nSPS) is 10.3. The first-order valence-electron chi connectivity index (χ1n) is 5.20. The number of carbonyl (C=O) groups is 2. The highest BCUT2D eigenvalue weighted by Crippen LogP contribution is 2.23. The Labute approximate surface area is 123 Å². The van der Waals surface area contributed by atoms with Crippen molar-refractivity contribution in [3.63, 3.8) is 0 Å². The number of hydrogen-bond acceptors (Lipinski definition) is 4. The van der Waals surface area contributed by atoms with E-state index in [1.54, 1.807) is 17.5 Å². The van der Waals surface area contributed by atoms with Crippen LogP contribution < -0.4 is 5.32 Å². The molecule has 1 amide bonds. The maximum atomic E-state index is 11.9. The largest absolute Gasteiger partial charge is 0.298 e. The second-order valence-electron chi connectivity index (χ2n) is 3.68. The minimum atomic E-state index is -0.358.